The number of aromatic nitrogens is 1. The maximum Gasteiger partial charge on any atom is 0.411 e. The van der Waals surface area contributed by atoms with Gasteiger partial charge in [-0.05, 0) is 19.9 Å². The van der Waals surface area contributed by atoms with Gasteiger partial charge in [-0.2, -0.15) is 0 Å². The lowest BCUT2D eigenvalue weighted by Crippen LogP contribution is -2.49. The first-order chi connectivity index (χ1) is 12.5. The van der Waals surface area contributed by atoms with Crippen LogP contribution in [0.5, 0.6) is 0 Å². The van der Waals surface area contributed by atoms with Crippen LogP contribution in [0.1, 0.15) is 52.4 Å². The molecule has 26 heavy (non-hydrogen) atoms. The Morgan fingerprint density at radius 2 is 1.62 bits per heavy atom. The van der Waals surface area contributed by atoms with Gasteiger partial charge < -0.3 is 10.0 Å². The quantitative estimate of drug-likeness (QED) is 0.878. The Hall–Kier alpha value is -1.82. The zero-order valence-corrected chi connectivity index (χ0v) is 16.5. The molecule has 0 radical (unpaired) electrons. The molecule has 6 nitrogen and oxygen atoms in total. The maximum atomic E-state index is 11.0. The number of pyridine rings is 1. The van der Waals surface area contributed by atoms with Crippen molar-refractivity contribution >= 4 is 17.6 Å². The number of piperazine rings is 1. The summed E-state index contributed by atoms with van der Waals surface area (Å²) in [4.78, 5) is 21.2. The predicted octanol–water partition coefficient (Wildman–Crippen LogP) is 4.07. The molecule has 1 saturated heterocycles. The fourth-order valence-corrected chi connectivity index (χ4v) is 3.43. The highest BCUT2D eigenvalue weighted by atomic mass is 16.4. The van der Waals surface area contributed by atoms with Gasteiger partial charge in [0.1, 0.15) is 5.82 Å². The Labute approximate surface area is 157 Å². The highest BCUT2D eigenvalue weighted by Gasteiger charge is 2.20. The van der Waals surface area contributed by atoms with Crippen molar-refractivity contribution in [2.75, 3.05) is 43.0 Å². The van der Waals surface area contributed by atoms with Crippen molar-refractivity contribution in [2.24, 2.45) is 0 Å². The van der Waals surface area contributed by atoms with E-state index in [1.54, 1.807) is 12.3 Å². The molecule has 1 saturated carbocycles. The van der Waals surface area contributed by atoms with Crippen LogP contribution in [-0.2, 0) is 0 Å². The molecule has 0 bridgehead atoms. The van der Waals surface area contributed by atoms with E-state index in [1.165, 1.54) is 50.5 Å². The van der Waals surface area contributed by atoms with Gasteiger partial charge in [0.25, 0.3) is 0 Å². The Morgan fingerprint density at radius 3 is 2.08 bits per heavy atom. The third-order valence-electron chi connectivity index (χ3n) is 5.27. The van der Waals surface area contributed by atoms with Crippen molar-refractivity contribution in [1.29, 1.82) is 0 Å². The molecule has 1 N–H and O–H groups in total. The molecule has 1 aromatic heterocycles. The number of anilines is 2. The van der Waals surface area contributed by atoms with Gasteiger partial charge in [-0.25, -0.2) is 9.78 Å². The van der Waals surface area contributed by atoms with Crippen LogP contribution in [0.3, 0.4) is 0 Å². The average Bonchev–Trinajstić information content (AvgIpc) is 2.69. The van der Waals surface area contributed by atoms with E-state index in [2.05, 4.69) is 28.6 Å². The number of hydrogen-bond acceptors (Lipinski definition) is 4. The van der Waals surface area contributed by atoms with Crippen molar-refractivity contribution < 1.29 is 9.90 Å². The zero-order chi connectivity index (χ0) is 18.9. The lowest BCUT2D eigenvalue weighted by Gasteiger charge is -2.37. The summed E-state index contributed by atoms with van der Waals surface area (Å²) in [5.74, 6) is 0.846. The second-order valence-corrected chi connectivity index (χ2v) is 7.45. The molecule has 3 rings (SSSR count). The molecule has 2 heterocycles. The van der Waals surface area contributed by atoms with Gasteiger partial charge >= 0.3 is 6.09 Å². The van der Waals surface area contributed by atoms with Crippen molar-refractivity contribution in [3.8, 4) is 0 Å². The Bertz CT molecular complexity index is 541. The molecule has 1 aliphatic carbocycles. The fraction of sp³-hybridized carbons (Fsp3) is 0.700. The molecule has 0 spiro atoms. The van der Waals surface area contributed by atoms with Gasteiger partial charge in [-0.3, -0.25) is 9.80 Å². The molecule has 0 unspecified atom stereocenters. The first-order valence-corrected chi connectivity index (χ1v) is 9.90. The molecule has 2 aliphatic rings. The summed E-state index contributed by atoms with van der Waals surface area (Å²) in [7, 11) is 1.54. The summed E-state index contributed by atoms with van der Waals surface area (Å²) in [6.07, 6.45) is 9.70. The van der Waals surface area contributed by atoms with E-state index in [9.17, 15) is 4.79 Å². The molecular formula is C20H34N4O2. The van der Waals surface area contributed by atoms with Crippen LogP contribution in [-0.4, -0.2) is 60.4 Å². The first kappa shape index (κ1) is 20.5. The Kier molecular flexibility index (Phi) is 8.16. The molecule has 0 atom stereocenters. The summed E-state index contributed by atoms with van der Waals surface area (Å²) < 4.78 is 0. The zero-order valence-electron chi connectivity index (χ0n) is 16.5. The van der Waals surface area contributed by atoms with Gasteiger partial charge in [-0.15, -0.1) is 0 Å². The summed E-state index contributed by atoms with van der Waals surface area (Å²) in [5.41, 5.74) is 0.647. The van der Waals surface area contributed by atoms with Gasteiger partial charge in [0, 0.05) is 51.5 Å². The lowest BCUT2D eigenvalue weighted by atomic mass is 10.0. The van der Waals surface area contributed by atoms with E-state index in [0.717, 1.165) is 32.0 Å². The topological polar surface area (TPSA) is 59.9 Å². The van der Waals surface area contributed by atoms with E-state index in [0.29, 0.717) is 11.7 Å². The molecule has 6 heteroatoms. The summed E-state index contributed by atoms with van der Waals surface area (Å²) in [5, 5.41) is 9.02. The lowest BCUT2D eigenvalue weighted by molar-refractivity contribution is 0.203. The normalized spacial score (nSPS) is 18.2. The third-order valence-corrected chi connectivity index (χ3v) is 5.27. The van der Waals surface area contributed by atoms with Crippen LogP contribution in [0.4, 0.5) is 16.3 Å². The largest absolute Gasteiger partial charge is 0.465 e. The molecule has 1 aliphatic heterocycles. The van der Waals surface area contributed by atoms with Crippen molar-refractivity contribution in [2.45, 2.75) is 58.4 Å². The summed E-state index contributed by atoms with van der Waals surface area (Å²) >= 11 is 0. The van der Waals surface area contributed by atoms with Crippen LogP contribution < -0.4 is 9.80 Å². The van der Waals surface area contributed by atoms with Crippen LogP contribution in [0.15, 0.2) is 18.3 Å². The number of rotatable bonds is 3. The van der Waals surface area contributed by atoms with Gasteiger partial charge in [0.05, 0.1) is 5.69 Å². The summed E-state index contributed by atoms with van der Waals surface area (Å²) in [6, 6.07) is 4.11. The van der Waals surface area contributed by atoms with Crippen molar-refractivity contribution in [3.63, 3.8) is 0 Å². The number of amides is 1. The van der Waals surface area contributed by atoms with E-state index >= 15 is 0 Å². The van der Waals surface area contributed by atoms with Gasteiger partial charge in [-0.1, -0.05) is 38.5 Å². The highest BCUT2D eigenvalue weighted by molar-refractivity contribution is 5.85. The standard InChI is InChI=1S/C14H22N4O2.C6H12/c1-11(2)17-6-8-18(9-7-17)13-10-12(4-5-15-13)16(3)14(19)20;1-2-4-6-5-3-1/h4-5,10-11H,6-9H2,1-3H3,(H,19,20);1-6H2. The third kappa shape index (κ3) is 6.16. The predicted molar refractivity (Wildman–Crippen MR) is 107 cm³/mol. The number of carbonyl (C=O) groups is 1. The first-order valence-electron chi connectivity index (χ1n) is 9.90. The van der Waals surface area contributed by atoms with Gasteiger partial charge in [0.15, 0.2) is 0 Å². The molecular weight excluding hydrogens is 328 g/mol. The smallest absolute Gasteiger partial charge is 0.411 e. The van der Waals surface area contributed by atoms with Crippen LogP contribution >= 0.6 is 0 Å². The van der Waals surface area contributed by atoms with Crippen molar-refractivity contribution in [1.82, 2.24) is 9.88 Å². The van der Waals surface area contributed by atoms with Crippen LogP contribution in [0.25, 0.3) is 0 Å². The average molecular weight is 363 g/mol. The highest BCUT2D eigenvalue weighted by Crippen LogP contribution is 2.21. The Balaban J connectivity index is 0.000000342. The second-order valence-electron chi connectivity index (χ2n) is 7.45. The number of hydrogen-bond donors (Lipinski definition) is 1. The number of nitrogens with zero attached hydrogens (tertiary/aromatic N) is 4. The Morgan fingerprint density at radius 1 is 1.08 bits per heavy atom. The molecule has 146 valence electrons. The molecule has 0 aromatic carbocycles. The second kappa shape index (κ2) is 10.4. The van der Waals surface area contributed by atoms with Gasteiger partial charge in [0.2, 0.25) is 0 Å². The van der Waals surface area contributed by atoms with E-state index < -0.39 is 6.09 Å². The molecule has 2 fully saturated rings. The van der Waals surface area contributed by atoms with Crippen molar-refractivity contribution in [3.05, 3.63) is 18.3 Å². The van der Waals surface area contributed by atoms with E-state index in [4.69, 9.17) is 5.11 Å². The van der Waals surface area contributed by atoms with E-state index in [1.807, 2.05) is 6.07 Å². The minimum atomic E-state index is -0.966. The SMILES string of the molecule is C1CCCCC1.CC(C)N1CCN(c2cc(N(C)C(=O)O)ccn2)CC1. The van der Waals surface area contributed by atoms with Crippen LogP contribution in [0.2, 0.25) is 0 Å². The number of carboxylic acid groups (broad SMARTS) is 1. The minimum Gasteiger partial charge on any atom is -0.465 e. The summed E-state index contributed by atoms with van der Waals surface area (Å²) in [6.45, 7) is 8.28. The molecule has 1 amide bonds. The monoisotopic (exact) mass is 362 g/mol. The molecule has 1 aromatic rings. The van der Waals surface area contributed by atoms with E-state index in [-0.39, 0.29) is 0 Å². The van der Waals surface area contributed by atoms with Crippen LogP contribution in [0, 0.1) is 0 Å². The minimum absolute atomic E-state index is 0.564. The maximum absolute atomic E-state index is 11.0. The fourth-order valence-electron chi connectivity index (χ4n) is 3.43.